The molecule has 1 aromatic rings. The standard InChI is InChI=1S/C14H19Cl2N3O2/c15-10-7-11(16)14(19-8-10)21-5-4-18-13(20)6-9-2-1-3-12(9)17/h7-9,12H,1-6,17H2,(H,18,20)/t9-,12+/m0/s1. The number of hydrogen-bond acceptors (Lipinski definition) is 4. The highest BCUT2D eigenvalue weighted by Crippen LogP contribution is 2.26. The minimum atomic E-state index is 0.0103. The van der Waals surface area contributed by atoms with E-state index >= 15 is 0 Å². The second-order valence-electron chi connectivity index (χ2n) is 5.20. The van der Waals surface area contributed by atoms with E-state index in [1.807, 2.05) is 0 Å². The van der Waals surface area contributed by atoms with Gasteiger partial charge >= 0.3 is 0 Å². The van der Waals surface area contributed by atoms with Gasteiger partial charge in [-0.3, -0.25) is 4.79 Å². The lowest BCUT2D eigenvalue weighted by Crippen LogP contribution is -2.33. The Morgan fingerprint density at radius 3 is 2.95 bits per heavy atom. The van der Waals surface area contributed by atoms with Gasteiger partial charge in [-0.15, -0.1) is 0 Å². The van der Waals surface area contributed by atoms with Crippen LogP contribution in [0.15, 0.2) is 12.3 Å². The Kier molecular flexibility index (Phi) is 6.08. The molecule has 1 fully saturated rings. The summed E-state index contributed by atoms with van der Waals surface area (Å²) in [5, 5.41) is 3.62. The van der Waals surface area contributed by atoms with Gasteiger partial charge in [0.15, 0.2) is 0 Å². The predicted octanol–water partition coefficient (Wildman–Crippen LogP) is 2.40. The van der Waals surface area contributed by atoms with E-state index in [2.05, 4.69) is 10.3 Å². The molecule has 1 aromatic heterocycles. The van der Waals surface area contributed by atoms with Gasteiger partial charge in [0.25, 0.3) is 0 Å². The van der Waals surface area contributed by atoms with Crippen LogP contribution in [-0.2, 0) is 4.79 Å². The lowest BCUT2D eigenvalue weighted by atomic mass is 10.00. The summed E-state index contributed by atoms with van der Waals surface area (Å²) in [6.07, 6.45) is 5.12. The molecule has 2 atom stereocenters. The van der Waals surface area contributed by atoms with Gasteiger partial charge in [0, 0.05) is 18.7 Å². The van der Waals surface area contributed by atoms with Crippen LogP contribution in [0.5, 0.6) is 5.88 Å². The second-order valence-corrected chi connectivity index (χ2v) is 6.04. The number of nitrogens with zero attached hydrogens (tertiary/aromatic N) is 1. The van der Waals surface area contributed by atoms with Crippen LogP contribution in [0, 0.1) is 5.92 Å². The summed E-state index contributed by atoms with van der Waals surface area (Å²) < 4.78 is 5.39. The number of pyridine rings is 1. The average molecular weight is 332 g/mol. The number of aromatic nitrogens is 1. The number of rotatable bonds is 6. The second kappa shape index (κ2) is 7.82. The van der Waals surface area contributed by atoms with E-state index in [-0.39, 0.29) is 11.9 Å². The molecule has 1 amide bonds. The molecule has 0 unspecified atom stereocenters. The molecule has 2 rings (SSSR count). The van der Waals surface area contributed by atoms with Crippen molar-refractivity contribution >= 4 is 29.1 Å². The number of nitrogens with two attached hydrogens (primary N) is 1. The van der Waals surface area contributed by atoms with Crippen LogP contribution in [0.2, 0.25) is 10.0 Å². The lowest BCUT2D eigenvalue weighted by molar-refractivity contribution is -0.122. The summed E-state index contributed by atoms with van der Waals surface area (Å²) >= 11 is 11.7. The maximum Gasteiger partial charge on any atom is 0.232 e. The maximum atomic E-state index is 11.8. The third-order valence-corrected chi connectivity index (χ3v) is 4.08. The molecule has 3 N–H and O–H groups in total. The number of nitrogens with one attached hydrogen (secondary N) is 1. The minimum Gasteiger partial charge on any atom is -0.475 e. The van der Waals surface area contributed by atoms with Crippen molar-refractivity contribution in [3.63, 3.8) is 0 Å². The van der Waals surface area contributed by atoms with Crippen LogP contribution in [0.25, 0.3) is 0 Å². The van der Waals surface area contributed by atoms with Crippen molar-refractivity contribution in [3.8, 4) is 5.88 Å². The molecule has 0 aromatic carbocycles. The molecule has 1 saturated carbocycles. The summed E-state index contributed by atoms with van der Waals surface area (Å²) in [5.41, 5.74) is 5.95. The van der Waals surface area contributed by atoms with E-state index in [0.29, 0.717) is 41.4 Å². The first-order valence-electron chi connectivity index (χ1n) is 7.02. The first kappa shape index (κ1) is 16.3. The number of hydrogen-bond donors (Lipinski definition) is 2. The smallest absolute Gasteiger partial charge is 0.232 e. The Balaban J connectivity index is 1.66. The Morgan fingerprint density at radius 1 is 1.48 bits per heavy atom. The summed E-state index contributed by atoms with van der Waals surface area (Å²) in [7, 11) is 0. The van der Waals surface area contributed by atoms with E-state index in [1.165, 1.54) is 6.20 Å². The summed E-state index contributed by atoms with van der Waals surface area (Å²) in [4.78, 5) is 15.8. The van der Waals surface area contributed by atoms with Crippen LogP contribution in [0.4, 0.5) is 0 Å². The van der Waals surface area contributed by atoms with Crippen LogP contribution in [-0.4, -0.2) is 30.1 Å². The highest BCUT2D eigenvalue weighted by molar-refractivity contribution is 6.35. The van der Waals surface area contributed by atoms with Crippen molar-refractivity contribution in [1.82, 2.24) is 10.3 Å². The first-order chi connectivity index (χ1) is 10.1. The Hall–Kier alpha value is -1.04. The molecule has 0 radical (unpaired) electrons. The normalized spacial score (nSPS) is 21.3. The largest absolute Gasteiger partial charge is 0.475 e. The Bertz CT molecular complexity index is 499. The van der Waals surface area contributed by atoms with E-state index in [4.69, 9.17) is 33.7 Å². The molecule has 0 saturated heterocycles. The molecule has 1 heterocycles. The Morgan fingerprint density at radius 2 is 2.29 bits per heavy atom. The molecule has 0 spiro atoms. The van der Waals surface area contributed by atoms with Crippen molar-refractivity contribution in [3.05, 3.63) is 22.3 Å². The van der Waals surface area contributed by atoms with Crippen LogP contribution in [0.1, 0.15) is 25.7 Å². The third kappa shape index (κ3) is 5.02. The third-order valence-electron chi connectivity index (χ3n) is 3.60. The average Bonchev–Trinajstić information content (AvgIpc) is 2.82. The van der Waals surface area contributed by atoms with Crippen LogP contribution in [0.3, 0.4) is 0 Å². The van der Waals surface area contributed by atoms with Gasteiger partial charge in [-0.05, 0) is 24.8 Å². The van der Waals surface area contributed by atoms with E-state index in [0.717, 1.165) is 19.3 Å². The molecule has 1 aliphatic carbocycles. The highest BCUT2D eigenvalue weighted by atomic mass is 35.5. The predicted molar refractivity (Wildman–Crippen MR) is 82.7 cm³/mol. The molecule has 0 bridgehead atoms. The van der Waals surface area contributed by atoms with E-state index in [1.54, 1.807) is 6.07 Å². The fourth-order valence-corrected chi connectivity index (χ4v) is 2.91. The quantitative estimate of drug-likeness (QED) is 0.784. The zero-order valence-corrected chi connectivity index (χ0v) is 13.2. The number of halogens is 2. The van der Waals surface area contributed by atoms with Gasteiger partial charge in [0.1, 0.15) is 11.6 Å². The maximum absolute atomic E-state index is 11.8. The van der Waals surface area contributed by atoms with E-state index < -0.39 is 0 Å². The van der Waals surface area contributed by atoms with Gasteiger partial charge in [-0.2, -0.15) is 0 Å². The summed E-state index contributed by atoms with van der Waals surface area (Å²) in [6, 6.07) is 1.72. The number of carbonyl (C=O) groups is 1. The Labute approximate surface area is 134 Å². The number of amides is 1. The first-order valence-corrected chi connectivity index (χ1v) is 7.78. The van der Waals surface area contributed by atoms with Crippen LogP contribution < -0.4 is 15.8 Å². The summed E-state index contributed by atoms with van der Waals surface area (Å²) in [6.45, 7) is 0.707. The zero-order valence-electron chi connectivity index (χ0n) is 11.6. The van der Waals surface area contributed by atoms with Gasteiger partial charge in [-0.1, -0.05) is 29.6 Å². The molecule has 7 heteroatoms. The van der Waals surface area contributed by atoms with Crippen LogP contribution >= 0.6 is 23.2 Å². The minimum absolute atomic E-state index is 0.0103. The van der Waals surface area contributed by atoms with E-state index in [9.17, 15) is 4.79 Å². The fourth-order valence-electron chi connectivity index (χ4n) is 2.48. The zero-order chi connectivity index (χ0) is 15.2. The molecular formula is C14H19Cl2N3O2. The van der Waals surface area contributed by atoms with Crippen molar-refractivity contribution in [2.45, 2.75) is 31.7 Å². The molecule has 21 heavy (non-hydrogen) atoms. The van der Waals surface area contributed by atoms with Gasteiger partial charge in [-0.25, -0.2) is 4.98 Å². The molecule has 1 aliphatic rings. The molecular weight excluding hydrogens is 313 g/mol. The molecule has 5 nitrogen and oxygen atoms in total. The highest BCUT2D eigenvalue weighted by Gasteiger charge is 2.25. The molecule has 116 valence electrons. The summed E-state index contributed by atoms with van der Waals surface area (Å²) in [5.74, 6) is 0.627. The number of carbonyl (C=O) groups excluding carboxylic acids is 1. The topological polar surface area (TPSA) is 77.2 Å². The van der Waals surface area contributed by atoms with Crippen molar-refractivity contribution in [2.75, 3.05) is 13.2 Å². The lowest BCUT2D eigenvalue weighted by Gasteiger charge is -2.14. The van der Waals surface area contributed by atoms with Gasteiger partial charge < -0.3 is 15.8 Å². The van der Waals surface area contributed by atoms with Crippen molar-refractivity contribution < 1.29 is 9.53 Å². The van der Waals surface area contributed by atoms with Crippen molar-refractivity contribution in [2.24, 2.45) is 11.7 Å². The van der Waals surface area contributed by atoms with Gasteiger partial charge in [0.05, 0.1) is 11.6 Å². The number of ether oxygens (including phenoxy) is 1. The SMILES string of the molecule is N[C@@H]1CCC[C@H]1CC(=O)NCCOc1ncc(Cl)cc1Cl. The van der Waals surface area contributed by atoms with Crippen molar-refractivity contribution in [1.29, 1.82) is 0 Å². The van der Waals surface area contributed by atoms with Gasteiger partial charge in [0.2, 0.25) is 11.8 Å². The molecule has 0 aliphatic heterocycles. The monoisotopic (exact) mass is 331 g/mol. The fraction of sp³-hybridized carbons (Fsp3) is 0.571.